The first-order valence-electron chi connectivity index (χ1n) is 8.27. The lowest BCUT2D eigenvalue weighted by atomic mass is 10.1. The number of ether oxygens (including phenoxy) is 1. The number of hydrogen-bond donors (Lipinski definition) is 1. The summed E-state index contributed by atoms with van der Waals surface area (Å²) in [6, 6.07) is 12.6. The van der Waals surface area contributed by atoms with Crippen LogP contribution in [-0.4, -0.2) is 46.1 Å². The Bertz CT molecular complexity index is 742. The van der Waals surface area contributed by atoms with Crippen molar-refractivity contribution in [3.05, 3.63) is 65.5 Å². The number of nitrogens with zero attached hydrogens (tertiary/aromatic N) is 2. The van der Waals surface area contributed by atoms with E-state index < -0.39 is 5.97 Å². The van der Waals surface area contributed by atoms with Crippen molar-refractivity contribution in [1.82, 2.24) is 9.88 Å². The van der Waals surface area contributed by atoms with E-state index in [1.165, 1.54) is 12.3 Å². The van der Waals surface area contributed by atoms with Gasteiger partial charge in [-0.25, -0.2) is 9.78 Å². The third kappa shape index (κ3) is 4.42. The van der Waals surface area contributed by atoms with Crippen molar-refractivity contribution in [3.63, 3.8) is 0 Å². The maximum absolute atomic E-state index is 13.0. The zero-order chi connectivity index (χ0) is 17.6. The molecule has 2 heterocycles. The minimum atomic E-state index is -1.15. The zero-order valence-electron chi connectivity index (χ0n) is 13.8. The SMILES string of the molecule is O=C(O)c1cc(C(=O)N(Cc2ccccc2)CC2CCCO2)ccn1. The van der Waals surface area contributed by atoms with E-state index in [-0.39, 0.29) is 17.7 Å². The van der Waals surface area contributed by atoms with Gasteiger partial charge in [0.25, 0.3) is 5.91 Å². The Morgan fingerprint density at radius 3 is 2.72 bits per heavy atom. The lowest BCUT2D eigenvalue weighted by molar-refractivity contribution is 0.0507. The highest BCUT2D eigenvalue weighted by atomic mass is 16.5. The van der Waals surface area contributed by atoms with Crippen LogP contribution < -0.4 is 0 Å². The van der Waals surface area contributed by atoms with Gasteiger partial charge >= 0.3 is 5.97 Å². The van der Waals surface area contributed by atoms with Gasteiger partial charge in [-0.3, -0.25) is 4.79 Å². The van der Waals surface area contributed by atoms with Crippen molar-refractivity contribution in [3.8, 4) is 0 Å². The maximum atomic E-state index is 13.0. The molecule has 6 nitrogen and oxygen atoms in total. The Morgan fingerprint density at radius 2 is 2.04 bits per heavy atom. The van der Waals surface area contributed by atoms with Crippen molar-refractivity contribution < 1.29 is 19.4 Å². The number of rotatable bonds is 6. The lowest BCUT2D eigenvalue weighted by Crippen LogP contribution is -2.37. The number of carbonyl (C=O) groups is 2. The number of amides is 1. The standard InChI is InChI=1S/C19H20N2O4/c22-18(15-8-9-20-17(11-15)19(23)24)21(13-16-7-4-10-25-16)12-14-5-2-1-3-6-14/h1-3,5-6,8-9,11,16H,4,7,10,12-13H2,(H,23,24). The molecule has 1 fully saturated rings. The predicted octanol–water partition coefficient (Wildman–Crippen LogP) is 2.60. The van der Waals surface area contributed by atoms with Crippen molar-refractivity contribution in [2.75, 3.05) is 13.2 Å². The summed E-state index contributed by atoms with van der Waals surface area (Å²) in [5.74, 6) is -1.37. The van der Waals surface area contributed by atoms with Gasteiger partial charge in [0.2, 0.25) is 0 Å². The van der Waals surface area contributed by atoms with Crippen LogP contribution in [0.4, 0.5) is 0 Å². The van der Waals surface area contributed by atoms with Gasteiger partial charge in [-0.2, -0.15) is 0 Å². The monoisotopic (exact) mass is 340 g/mol. The smallest absolute Gasteiger partial charge is 0.354 e. The zero-order valence-corrected chi connectivity index (χ0v) is 13.8. The predicted molar refractivity (Wildman–Crippen MR) is 91.4 cm³/mol. The Kier molecular flexibility index (Phi) is 5.40. The number of aromatic nitrogens is 1. The first kappa shape index (κ1) is 17.1. The maximum Gasteiger partial charge on any atom is 0.354 e. The molecule has 1 aliphatic heterocycles. The molecule has 1 saturated heterocycles. The molecule has 0 saturated carbocycles. The summed E-state index contributed by atoms with van der Waals surface area (Å²) in [5.41, 5.74) is 1.20. The van der Waals surface area contributed by atoms with Crippen LogP contribution in [0.25, 0.3) is 0 Å². The molecule has 1 aliphatic rings. The first-order chi connectivity index (χ1) is 12.1. The molecule has 1 aromatic heterocycles. The van der Waals surface area contributed by atoms with E-state index in [0.29, 0.717) is 18.7 Å². The molecular weight excluding hydrogens is 320 g/mol. The Labute approximate surface area is 146 Å². The number of aromatic carboxylic acids is 1. The number of pyridine rings is 1. The average Bonchev–Trinajstić information content (AvgIpc) is 3.14. The second kappa shape index (κ2) is 7.90. The van der Waals surface area contributed by atoms with E-state index >= 15 is 0 Å². The number of carboxylic acid groups (broad SMARTS) is 1. The molecule has 1 amide bonds. The fourth-order valence-electron chi connectivity index (χ4n) is 2.92. The van der Waals surface area contributed by atoms with Crippen molar-refractivity contribution >= 4 is 11.9 Å². The fraction of sp³-hybridized carbons (Fsp3) is 0.316. The Morgan fingerprint density at radius 1 is 1.24 bits per heavy atom. The highest BCUT2D eigenvalue weighted by molar-refractivity contribution is 5.96. The summed E-state index contributed by atoms with van der Waals surface area (Å²) in [6.07, 6.45) is 3.29. The molecule has 0 spiro atoms. The van der Waals surface area contributed by atoms with Gasteiger partial charge in [0, 0.05) is 31.5 Å². The molecule has 6 heteroatoms. The van der Waals surface area contributed by atoms with E-state index in [2.05, 4.69) is 4.98 Å². The van der Waals surface area contributed by atoms with E-state index in [1.54, 1.807) is 11.0 Å². The second-order valence-corrected chi connectivity index (χ2v) is 6.04. The third-order valence-electron chi connectivity index (χ3n) is 4.18. The summed E-state index contributed by atoms with van der Waals surface area (Å²) < 4.78 is 5.67. The largest absolute Gasteiger partial charge is 0.477 e. The second-order valence-electron chi connectivity index (χ2n) is 6.04. The number of carbonyl (C=O) groups excluding carboxylic acids is 1. The third-order valence-corrected chi connectivity index (χ3v) is 4.18. The quantitative estimate of drug-likeness (QED) is 0.874. The van der Waals surface area contributed by atoms with E-state index in [1.807, 2.05) is 30.3 Å². The van der Waals surface area contributed by atoms with Crippen LogP contribution in [0.3, 0.4) is 0 Å². The summed E-state index contributed by atoms with van der Waals surface area (Å²) in [5, 5.41) is 9.09. The molecule has 1 atom stereocenters. The molecule has 25 heavy (non-hydrogen) atoms. The number of benzene rings is 1. The summed E-state index contributed by atoms with van der Waals surface area (Å²) in [4.78, 5) is 29.6. The Balaban J connectivity index is 1.82. The summed E-state index contributed by atoms with van der Waals surface area (Å²) in [6.45, 7) is 1.65. The van der Waals surface area contributed by atoms with Gasteiger partial charge in [0.1, 0.15) is 5.69 Å². The first-order valence-corrected chi connectivity index (χ1v) is 8.27. The molecule has 1 N–H and O–H groups in total. The number of carboxylic acids is 1. The summed E-state index contributed by atoms with van der Waals surface area (Å²) in [7, 11) is 0. The van der Waals surface area contributed by atoms with Gasteiger partial charge in [0.05, 0.1) is 6.10 Å². The van der Waals surface area contributed by atoms with E-state index in [4.69, 9.17) is 9.84 Å². The molecule has 3 rings (SSSR count). The molecule has 2 aromatic rings. The molecule has 1 unspecified atom stereocenters. The highest BCUT2D eigenvalue weighted by Crippen LogP contribution is 2.17. The molecule has 1 aromatic carbocycles. The van der Waals surface area contributed by atoms with Crippen LogP contribution in [0.5, 0.6) is 0 Å². The van der Waals surface area contributed by atoms with Crippen LogP contribution in [-0.2, 0) is 11.3 Å². The van der Waals surface area contributed by atoms with Gasteiger partial charge in [0.15, 0.2) is 0 Å². The fourth-order valence-corrected chi connectivity index (χ4v) is 2.92. The van der Waals surface area contributed by atoms with E-state index in [0.717, 1.165) is 25.0 Å². The van der Waals surface area contributed by atoms with Gasteiger partial charge in [-0.15, -0.1) is 0 Å². The Hall–Kier alpha value is -2.73. The molecule has 0 aliphatic carbocycles. The lowest BCUT2D eigenvalue weighted by Gasteiger charge is -2.26. The van der Waals surface area contributed by atoms with Crippen LogP contribution in [0.2, 0.25) is 0 Å². The average molecular weight is 340 g/mol. The van der Waals surface area contributed by atoms with Gasteiger partial charge in [-0.05, 0) is 30.5 Å². The van der Waals surface area contributed by atoms with Crippen LogP contribution >= 0.6 is 0 Å². The minimum Gasteiger partial charge on any atom is -0.477 e. The van der Waals surface area contributed by atoms with Crippen molar-refractivity contribution in [2.45, 2.75) is 25.5 Å². The summed E-state index contributed by atoms with van der Waals surface area (Å²) >= 11 is 0. The molecule has 130 valence electrons. The van der Waals surface area contributed by atoms with Crippen LogP contribution in [0, 0.1) is 0 Å². The number of hydrogen-bond acceptors (Lipinski definition) is 4. The van der Waals surface area contributed by atoms with Crippen molar-refractivity contribution in [2.24, 2.45) is 0 Å². The normalized spacial score (nSPS) is 16.6. The molecular formula is C19H20N2O4. The van der Waals surface area contributed by atoms with E-state index in [9.17, 15) is 9.59 Å². The topological polar surface area (TPSA) is 79.7 Å². The van der Waals surface area contributed by atoms with Gasteiger partial charge in [-0.1, -0.05) is 30.3 Å². The molecule has 0 bridgehead atoms. The highest BCUT2D eigenvalue weighted by Gasteiger charge is 2.24. The van der Waals surface area contributed by atoms with Crippen LogP contribution in [0.15, 0.2) is 48.7 Å². The molecule has 0 radical (unpaired) electrons. The van der Waals surface area contributed by atoms with Crippen LogP contribution in [0.1, 0.15) is 39.3 Å². The minimum absolute atomic E-state index is 0.0217. The van der Waals surface area contributed by atoms with Crippen molar-refractivity contribution in [1.29, 1.82) is 0 Å². The van der Waals surface area contributed by atoms with Gasteiger partial charge < -0.3 is 14.7 Å².